The first-order valence-electron chi connectivity index (χ1n) is 6.24. The van der Waals surface area contributed by atoms with Crippen LogP contribution in [0, 0.1) is 17.5 Å². The number of ether oxygens (including phenoxy) is 1. The lowest BCUT2D eigenvalue weighted by Gasteiger charge is -2.08. The molecule has 4 nitrogen and oxygen atoms in total. The Morgan fingerprint density at radius 1 is 1.04 bits per heavy atom. The fourth-order valence-corrected chi connectivity index (χ4v) is 1.83. The Morgan fingerprint density at radius 2 is 1.70 bits per heavy atom. The molecule has 1 amide bonds. The minimum Gasteiger partial charge on any atom is -0.452 e. The number of rotatable bonds is 4. The summed E-state index contributed by atoms with van der Waals surface area (Å²) in [6, 6.07) is 6.38. The average molecular weight is 344 g/mol. The van der Waals surface area contributed by atoms with Crippen molar-refractivity contribution in [2.24, 2.45) is 0 Å². The highest BCUT2D eigenvalue weighted by Gasteiger charge is 2.19. The molecule has 2 aromatic carbocycles. The second-order valence-corrected chi connectivity index (χ2v) is 4.78. The molecule has 2 aromatic rings. The van der Waals surface area contributed by atoms with E-state index in [0.29, 0.717) is 0 Å². The molecule has 0 radical (unpaired) electrons. The second-order valence-electron chi connectivity index (χ2n) is 4.35. The first-order chi connectivity index (χ1) is 10.9. The van der Waals surface area contributed by atoms with Crippen molar-refractivity contribution >= 4 is 29.2 Å². The molecule has 0 bridgehead atoms. The van der Waals surface area contributed by atoms with Crippen LogP contribution in [-0.2, 0) is 9.53 Å². The summed E-state index contributed by atoms with van der Waals surface area (Å²) in [6.45, 7) is -0.839. The van der Waals surface area contributed by atoms with Gasteiger partial charge in [-0.15, -0.1) is 0 Å². The summed E-state index contributed by atoms with van der Waals surface area (Å²) in [6.07, 6.45) is 0. The number of hydrogen-bond donors (Lipinski definition) is 1. The van der Waals surface area contributed by atoms with Crippen molar-refractivity contribution in [3.63, 3.8) is 0 Å². The van der Waals surface area contributed by atoms with Crippen LogP contribution in [0.4, 0.5) is 18.9 Å². The maximum atomic E-state index is 13.5. The van der Waals surface area contributed by atoms with Crippen LogP contribution >= 0.6 is 11.6 Å². The zero-order chi connectivity index (χ0) is 17.0. The summed E-state index contributed by atoms with van der Waals surface area (Å²) in [5, 5.41) is 2.28. The van der Waals surface area contributed by atoms with Crippen LogP contribution in [0.3, 0.4) is 0 Å². The number of anilines is 1. The van der Waals surface area contributed by atoms with Crippen molar-refractivity contribution in [2.75, 3.05) is 11.9 Å². The van der Waals surface area contributed by atoms with Gasteiger partial charge in [0.05, 0.1) is 5.69 Å². The molecule has 1 N–H and O–H groups in total. The predicted molar refractivity (Wildman–Crippen MR) is 76.7 cm³/mol. The van der Waals surface area contributed by atoms with Gasteiger partial charge in [0.15, 0.2) is 6.61 Å². The number of halogens is 4. The quantitative estimate of drug-likeness (QED) is 0.864. The van der Waals surface area contributed by atoms with Gasteiger partial charge in [-0.3, -0.25) is 4.79 Å². The first kappa shape index (κ1) is 16.8. The summed E-state index contributed by atoms with van der Waals surface area (Å²) in [4.78, 5) is 23.2. The topological polar surface area (TPSA) is 55.4 Å². The molecule has 0 fully saturated rings. The molecule has 0 aliphatic carbocycles. The van der Waals surface area contributed by atoms with Crippen molar-refractivity contribution in [1.29, 1.82) is 0 Å². The predicted octanol–water partition coefficient (Wildman–Crippen LogP) is 3.55. The lowest BCUT2D eigenvalue weighted by Crippen LogP contribution is -2.22. The van der Waals surface area contributed by atoms with E-state index in [-0.39, 0.29) is 10.7 Å². The maximum absolute atomic E-state index is 13.5. The molecule has 0 saturated heterocycles. The van der Waals surface area contributed by atoms with Gasteiger partial charge in [0.2, 0.25) is 0 Å². The molecular weight excluding hydrogens is 335 g/mol. The lowest BCUT2D eigenvalue weighted by molar-refractivity contribution is -0.119. The normalized spacial score (nSPS) is 10.3. The van der Waals surface area contributed by atoms with E-state index in [0.717, 1.165) is 24.3 Å². The van der Waals surface area contributed by atoms with Gasteiger partial charge in [0.25, 0.3) is 5.91 Å². The van der Waals surface area contributed by atoms with Crippen molar-refractivity contribution in [2.45, 2.75) is 0 Å². The van der Waals surface area contributed by atoms with Crippen molar-refractivity contribution < 1.29 is 27.5 Å². The highest BCUT2D eigenvalue weighted by molar-refractivity contribution is 6.30. The average Bonchev–Trinajstić information content (AvgIpc) is 2.48. The molecular formula is C15H9ClF3NO3. The molecule has 0 aliphatic rings. The van der Waals surface area contributed by atoms with Gasteiger partial charge >= 0.3 is 5.97 Å². The van der Waals surface area contributed by atoms with Gasteiger partial charge in [0.1, 0.15) is 23.0 Å². The monoisotopic (exact) mass is 343 g/mol. The summed E-state index contributed by atoms with van der Waals surface area (Å²) in [5.41, 5.74) is -1.08. The molecule has 8 heteroatoms. The molecule has 23 heavy (non-hydrogen) atoms. The Hall–Kier alpha value is -2.54. The van der Waals surface area contributed by atoms with Crippen LogP contribution < -0.4 is 5.32 Å². The fourth-order valence-electron chi connectivity index (χ4n) is 1.67. The zero-order valence-electron chi connectivity index (χ0n) is 11.4. The third kappa shape index (κ3) is 4.23. The fraction of sp³-hybridized carbons (Fsp3) is 0.0667. The molecule has 0 unspecified atom stereocenters. The number of esters is 1. The number of amides is 1. The first-order valence-corrected chi connectivity index (χ1v) is 6.62. The van der Waals surface area contributed by atoms with Gasteiger partial charge in [-0.1, -0.05) is 17.7 Å². The van der Waals surface area contributed by atoms with E-state index in [4.69, 9.17) is 11.6 Å². The Bertz CT molecular complexity index is 747. The Morgan fingerprint density at radius 3 is 2.30 bits per heavy atom. The number of benzene rings is 2. The van der Waals surface area contributed by atoms with Gasteiger partial charge < -0.3 is 10.1 Å². The van der Waals surface area contributed by atoms with Crippen LogP contribution in [0.1, 0.15) is 10.4 Å². The van der Waals surface area contributed by atoms with Crippen molar-refractivity contribution in [3.8, 4) is 0 Å². The smallest absolute Gasteiger partial charge is 0.344 e. The number of hydrogen-bond acceptors (Lipinski definition) is 3. The molecule has 0 aliphatic heterocycles. The zero-order valence-corrected chi connectivity index (χ0v) is 12.2. The third-order valence-corrected chi connectivity index (χ3v) is 2.94. The summed E-state index contributed by atoms with van der Waals surface area (Å²) in [5.74, 6) is -5.22. The van der Waals surface area contributed by atoms with Gasteiger partial charge in [-0.05, 0) is 30.3 Å². The molecule has 0 spiro atoms. The van der Waals surface area contributed by atoms with Crippen LogP contribution in [0.25, 0.3) is 0 Å². The SMILES string of the molecule is O=C(COC(=O)c1c(F)cccc1F)Nc1ccc(Cl)cc1F. The largest absolute Gasteiger partial charge is 0.452 e. The van der Waals surface area contributed by atoms with E-state index in [1.807, 2.05) is 0 Å². The minimum absolute atomic E-state index is 0.141. The molecule has 2 rings (SSSR count). The second kappa shape index (κ2) is 7.15. The van der Waals surface area contributed by atoms with E-state index >= 15 is 0 Å². The van der Waals surface area contributed by atoms with E-state index in [1.54, 1.807) is 0 Å². The Labute approximate surface area is 133 Å². The molecule has 0 aromatic heterocycles. The van der Waals surface area contributed by atoms with Crippen LogP contribution in [0.2, 0.25) is 5.02 Å². The number of nitrogens with one attached hydrogen (secondary N) is 1. The molecule has 0 heterocycles. The van der Waals surface area contributed by atoms with E-state index in [9.17, 15) is 22.8 Å². The summed E-state index contributed by atoms with van der Waals surface area (Å²) < 4.78 is 44.7. The summed E-state index contributed by atoms with van der Waals surface area (Å²) >= 11 is 5.56. The van der Waals surface area contributed by atoms with Crippen LogP contribution in [0.15, 0.2) is 36.4 Å². The van der Waals surface area contributed by atoms with E-state index < -0.39 is 41.5 Å². The third-order valence-electron chi connectivity index (χ3n) is 2.71. The maximum Gasteiger partial charge on any atom is 0.344 e. The highest BCUT2D eigenvalue weighted by atomic mass is 35.5. The van der Waals surface area contributed by atoms with Crippen molar-refractivity contribution in [3.05, 3.63) is 64.4 Å². The van der Waals surface area contributed by atoms with Crippen LogP contribution in [0.5, 0.6) is 0 Å². The lowest BCUT2D eigenvalue weighted by atomic mass is 10.2. The standard InChI is InChI=1S/C15H9ClF3NO3/c16-8-4-5-12(11(19)6-8)20-13(21)7-23-15(22)14-9(17)2-1-3-10(14)18/h1-6H,7H2,(H,20,21). The summed E-state index contributed by atoms with van der Waals surface area (Å²) in [7, 11) is 0. The van der Waals surface area contributed by atoms with Crippen molar-refractivity contribution in [1.82, 2.24) is 0 Å². The number of carbonyl (C=O) groups is 2. The Balaban J connectivity index is 1.98. The van der Waals surface area contributed by atoms with Gasteiger partial charge in [-0.25, -0.2) is 18.0 Å². The molecule has 0 atom stereocenters. The van der Waals surface area contributed by atoms with E-state index in [2.05, 4.69) is 10.1 Å². The molecule has 0 saturated carbocycles. The van der Waals surface area contributed by atoms with Gasteiger partial charge in [0, 0.05) is 5.02 Å². The van der Waals surface area contributed by atoms with Crippen LogP contribution in [-0.4, -0.2) is 18.5 Å². The minimum atomic E-state index is -1.34. The van der Waals surface area contributed by atoms with Gasteiger partial charge in [-0.2, -0.15) is 0 Å². The van der Waals surface area contributed by atoms with E-state index in [1.165, 1.54) is 12.1 Å². The highest BCUT2D eigenvalue weighted by Crippen LogP contribution is 2.19. The Kier molecular flexibility index (Phi) is 5.23. The molecule has 120 valence electrons. The number of carbonyl (C=O) groups excluding carboxylic acids is 2.